The molecular weight excluding hydrogens is 259 g/mol. The van der Waals surface area contributed by atoms with Gasteiger partial charge in [-0.25, -0.2) is 0 Å². The van der Waals surface area contributed by atoms with Crippen molar-refractivity contribution in [3.8, 4) is 11.1 Å². The molecule has 0 saturated carbocycles. The van der Waals surface area contributed by atoms with Crippen LogP contribution >= 0.6 is 0 Å². The zero-order chi connectivity index (χ0) is 14.2. The van der Waals surface area contributed by atoms with E-state index in [0.29, 0.717) is 0 Å². The summed E-state index contributed by atoms with van der Waals surface area (Å²) in [4.78, 5) is 0. The van der Waals surface area contributed by atoms with Crippen molar-refractivity contribution >= 4 is 34.9 Å². The average molecular weight is 271 g/mol. The highest BCUT2D eigenvalue weighted by atomic mass is 16.3. The zero-order valence-corrected chi connectivity index (χ0v) is 11.3. The summed E-state index contributed by atoms with van der Waals surface area (Å²) in [6.45, 7) is 0. The molecule has 0 aliphatic carbocycles. The van der Waals surface area contributed by atoms with Crippen molar-refractivity contribution in [1.82, 2.24) is 0 Å². The molecule has 3 aromatic carbocycles. The third kappa shape index (κ3) is 1.94. The first-order valence-electron chi connectivity index (χ1n) is 6.85. The standard InChI is InChI=1S/C18H12BO2/c20-19-13-10-8-12(9-11-13)14-5-3-6-16-15-4-1-2-7-17(15)21-18(14)16/h1-11,20H. The summed E-state index contributed by atoms with van der Waals surface area (Å²) in [5.41, 5.74) is 4.73. The summed E-state index contributed by atoms with van der Waals surface area (Å²) in [6.07, 6.45) is 0. The van der Waals surface area contributed by atoms with Crippen molar-refractivity contribution in [2.75, 3.05) is 0 Å². The van der Waals surface area contributed by atoms with E-state index >= 15 is 0 Å². The predicted octanol–water partition coefficient (Wildman–Crippen LogP) is 3.49. The quantitative estimate of drug-likeness (QED) is 0.566. The van der Waals surface area contributed by atoms with Crippen LogP contribution in [0.4, 0.5) is 0 Å². The lowest BCUT2D eigenvalue weighted by Crippen LogP contribution is -2.11. The molecule has 0 spiro atoms. The van der Waals surface area contributed by atoms with Crippen molar-refractivity contribution < 1.29 is 9.44 Å². The molecular formula is C18H12BO2. The van der Waals surface area contributed by atoms with Gasteiger partial charge in [-0.05, 0) is 11.6 Å². The normalized spacial score (nSPS) is 11.1. The van der Waals surface area contributed by atoms with Crippen LogP contribution in [0.15, 0.2) is 71.1 Å². The number of benzene rings is 3. The summed E-state index contributed by atoms with van der Waals surface area (Å²) in [5, 5.41) is 11.3. The topological polar surface area (TPSA) is 33.4 Å². The second-order valence-corrected chi connectivity index (χ2v) is 5.03. The molecule has 1 aromatic heterocycles. The third-order valence-electron chi connectivity index (χ3n) is 3.78. The Morgan fingerprint density at radius 2 is 1.52 bits per heavy atom. The third-order valence-corrected chi connectivity index (χ3v) is 3.78. The van der Waals surface area contributed by atoms with Crippen LogP contribution in [-0.4, -0.2) is 12.5 Å². The molecule has 1 heterocycles. The van der Waals surface area contributed by atoms with Gasteiger partial charge in [-0.1, -0.05) is 66.1 Å². The Morgan fingerprint density at radius 3 is 2.33 bits per heavy atom. The van der Waals surface area contributed by atoms with E-state index in [9.17, 15) is 0 Å². The molecule has 21 heavy (non-hydrogen) atoms. The lowest BCUT2D eigenvalue weighted by molar-refractivity contribution is 0.615. The molecule has 0 saturated heterocycles. The Labute approximate surface area is 122 Å². The molecule has 1 radical (unpaired) electrons. The highest BCUT2D eigenvalue weighted by Crippen LogP contribution is 2.35. The van der Waals surface area contributed by atoms with Crippen LogP contribution in [-0.2, 0) is 0 Å². The Bertz CT molecular complexity index is 923. The molecule has 1 N–H and O–H groups in total. The van der Waals surface area contributed by atoms with Gasteiger partial charge in [-0.2, -0.15) is 0 Å². The number of hydrogen-bond acceptors (Lipinski definition) is 2. The molecule has 2 nitrogen and oxygen atoms in total. The van der Waals surface area contributed by atoms with Gasteiger partial charge in [-0.15, -0.1) is 0 Å². The van der Waals surface area contributed by atoms with Crippen LogP contribution in [0.1, 0.15) is 0 Å². The van der Waals surface area contributed by atoms with Crippen molar-refractivity contribution in [3.05, 3.63) is 66.7 Å². The molecule has 0 aliphatic rings. The van der Waals surface area contributed by atoms with Gasteiger partial charge in [0.15, 0.2) is 0 Å². The minimum atomic E-state index is 0.788. The first-order chi connectivity index (χ1) is 10.4. The summed E-state index contributed by atoms with van der Waals surface area (Å²) in [7, 11) is 1.10. The van der Waals surface area contributed by atoms with Crippen molar-refractivity contribution in [1.29, 1.82) is 0 Å². The van der Waals surface area contributed by atoms with Crippen LogP contribution < -0.4 is 5.46 Å². The molecule has 4 rings (SSSR count). The van der Waals surface area contributed by atoms with E-state index in [1.807, 2.05) is 48.5 Å². The van der Waals surface area contributed by atoms with Gasteiger partial charge in [0.25, 0.3) is 0 Å². The largest absolute Gasteiger partial charge is 0.455 e. The number of rotatable bonds is 2. The summed E-state index contributed by atoms with van der Waals surface area (Å²) in [5.74, 6) is 0. The van der Waals surface area contributed by atoms with Crippen LogP contribution in [0.3, 0.4) is 0 Å². The maximum atomic E-state index is 9.02. The van der Waals surface area contributed by atoms with E-state index in [2.05, 4.69) is 18.2 Å². The fourth-order valence-corrected chi connectivity index (χ4v) is 2.72. The van der Waals surface area contributed by atoms with Gasteiger partial charge >= 0.3 is 7.48 Å². The highest BCUT2D eigenvalue weighted by molar-refractivity contribution is 6.45. The SMILES string of the molecule is O[B]c1ccc(-c2cccc3c2oc2ccccc23)cc1. The molecule has 4 aromatic rings. The van der Waals surface area contributed by atoms with Gasteiger partial charge in [-0.3, -0.25) is 0 Å². The summed E-state index contributed by atoms with van der Waals surface area (Å²) < 4.78 is 6.04. The van der Waals surface area contributed by atoms with Gasteiger partial charge < -0.3 is 9.44 Å². The lowest BCUT2D eigenvalue weighted by atomic mass is 9.87. The number of para-hydroxylation sites is 2. The van der Waals surface area contributed by atoms with Crippen molar-refractivity contribution in [2.45, 2.75) is 0 Å². The lowest BCUT2D eigenvalue weighted by Gasteiger charge is -2.03. The van der Waals surface area contributed by atoms with Crippen LogP contribution in [0.2, 0.25) is 0 Å². The molecule has 0 aliphatic heterocycles. The second-order valence-electron chi connectivity index (χ2n) is 5.03. The van der Waals surface area contributed by atoms with Crippen molar-refractivity contribution in [2.24, 2.45) is 0 Å². The Morgan fingerprint density at radius 1 is 0.762 bits per heavy atom. The molecule has 0 unspecified atom stereocenters. The van der Waals surface area contributed by atoms with Gasteiger partial charge in [0.05, 0.1) is 0 Å². The van der Waals surface area contributed by atoms with Gasteiger partial charge in [0.2, 0.25) is 0 Å². The zero-order valence-electron chi connectivity index (χ0n) is 11.3. The second kappa shape index (κ2) is 4.79. The monoisotopic (exact) mass is 271 g/mol. The van der Waals surface area contributed by atoms with E-state index in [4.69, 9.17) is 9.44 Å². The summed E-state index contributed by atoms with van der Waals surface area (Å²) in [6, 6.07) is 22.0. The van der Waals surface area contributed by atoms with E-state index in [1.165, 1.54) is 0 Å². The van der Waals surface area contributed by atoms with Crippen LogP contribution in [0.5, 0.6) is 0 Å². The van der Waals surface area contributed by atoms with E-state index < -0.39 is 0 Å². The molecule has 0 bridgehead atoms. The fraction of sp³-hybridized carbons (Fsp3) is 0. The molecule has 0 fully saturated rings. The molecule has 3 heteroatoms. The number of furan rings is 1. The van der Waals surface area contributed by atoms with Crippen LogP contribution in [0.25, 0.3) is 33.1 Å². The number of hydrogen-bond donors (Lipinski definition) is 1. The molecule has 99 valence electrons. The Hall–Kier alpha value is -2.52. The first-order valence-corrected chi connectivity index (χ1v) is 6.85. The number of fused-ring (bicyclic) bond motifs is 3. The van der Waals surface area contributed by atoms with Gasteiger partial charge in [0, 0.05) is 16.3 Å². The Kier molecular flexibility index (Phi) is 2.79. The smallest absolute Gasteiger partial charge is 0.326 e. The average Bonchev–Trinajstić information content (AvgIpc) is 2.94. The maximum Gasteiger partial charge on any atom is 0.326 e. The van der Waals surface area contributed by atoms with Gasteiger partial charge in [0.1, 0.15) is 11.2 Å². The first kappa shape index (κ1) is 12.2. The van der Waals surface area contributed by atoms with Crippen molar-refractivity contribution in [3.63, 3.8) is 0 Å². The van der Waals surface area contributed by atoms with E-state index in [0.717, 1.165) is 46.0 Å². The van der Waals surface area contributed by atoms with E-state index in [1.54, 1.807) is 0 Å². The van der Waals surface area contributed by atoms with Crippen LogP contribution in [0, 0.1) is 0 Å². The molecule has 0 atom stereocenters. The fourth-order valence-electron chi connectivity index (χ4n) is 2.72. The minimum Gasteiger partial charge on any atom is -0.455 e. The minimum absolute atomic E-state index is 0.788. The highest BCUT2D eigenvalue weighted by Gasteiger charge is 2.11. The maximum absolute atomic E-state index is 9.02. The van der Waals surface area contributed by atoms with E-state index in [-0.39, 0.29) is 0 Å². The predicted molar refractivity (Wildman–Crippen MR) is 86.8 cm³/mol. The summed E-state index contributed by atoms with van der Waals surface area (Å²) >= 11 is 0. The molecule has 0 amide bonds. The Balaban J connectivity index is 1.99.